The maximum Gasteiger partial charge on any atom is 0.271 e. The first-order chi connectivity index (χ1) is 21.4. The van der Waals surface area contributed by atoms with E-state index in [1.54, 1.807) is 18.6 Å². The van der Waals surface area contributed by atoms with Crippen LogP contribution in [0.4, 0.5) is 5.69 Å². The zero-order chi connectivity index (χ0) is 30.6. The molecular weight excluding hydrogens is 638 g/mol. The highest BCUT2D eigenvalue weighted by atomic mass is 79.9. The Balaban J connectivity index is 1.35. The number of carbonyl (C=O) groups is 1. The summed E-state index contributed by atoms with van der Waals surface area (Å²) in [6, 6.07) is 31.6. The van der Waals surface area contributed by atoms with Gasteiger partial charge >= 0.3 is 0 Å². The van der Waals surface area contributed by atoms with Gasteiger partial charge in [-0.2, -0.15) is 0 Å². The maximum atomic E-state index is 14.0. The molecule has 6 rings (SSSR count). The van der Waals surface area contributed by atoms with Gasteiger partial charge in [0.25, 0.3) is 11.5 Å². The largest absolute Gasteiger partial charge is 0.497 e. The van der Waals surface area contributed by atoms with Crippen molar-refractivity contribution < 1.29 is 14.3 Å². The molecule has 0 saturated heterocycles. The Morgan fingerprint density at radius 2 is 1.73 bits per heavy atom. The zero-order valence-corrected chi connectivity index (χ0v) is 26.4. The number of methoxy groups -OCH3 is 1. The number of rotatable bonds is 8. The molecule has 0 spiro atoms. The summed E-state index contributed by atoms with van der Waals surface area (Å²) in [5.41, 5.74) is 4.04. The first kappa shape index (κ1) is 29.3. The molecule has 1 aliphatic heterocycles. The summed E-state index contributed by atoms with van der Waals surface area (Å²) in [4.78, 5) is 33.0. The summed E-state index contributed by atoms with van der Waals surface area (Å²) in [6.45, 7) is 2.26. The van der Waals surface area contributed by atoms with Crippen molar-refractivity contribution in [1.29, 1.82) is 0 Å². The monoisotopic (exact) mass is 665 g/mol. The molecule has 0 fully saturated rings. The molecule has 7 nitrogen and oxygen atoms in total. The molecule has 1 aliphatic rings. The van der Waals surface area contributed by atoms with Crippen LogP contribution in [0.15, 0.2) is 129 Å². The smallest absolute Gasteiger partial charge is 0.271 e. The Hall–Kier alpha value is -4.73. The van der Waals surface area contributed by atoms with Crippen LogP contribution in [-0.2, 0) is 11.4 Å². The van der Waals surface area contributed by atoms with Crippen LogP contribution in [0.25, 0.3) is 6.08 Å². The van der Waals surface area contributed by atoms with Crippen molar-refractivity contribution in [1.82, 2.24) is 4.57 Å². The number of halogens is 1. The number of hydrogen-bond donors (Lipinski definition) is 1. The number of anilines is 1. The van der Waals surface area contributed by atoms with E-state index in [4.69, 9.17) is 14.5 Å². The molecule has 1 atom stereocenters. The Morgan fingerprint density at radius 3 is 2.45 bits per heavy atom. The fourth-order valence-electron chi connectivity index (χ4n) is 5.02. The number of carbonyl (C=O) groups excluding carboxylic acids is 1. The van der Waals surface area contributed by atoms with Gasteiger partial charge in [-0.05, 0) is 78.2 Å². The summed E-state index contributed by atoms with van der Waals surface area (Å²) < 4.78 is 14.6. The molecule has 5 aromatic rings. The predicted molar refractivity (Wildman–Crippen MR) is 177 cm³/mol. The van der Waals surface area contributed by atoms with Crippen LogP contribution in [0.3, 0.4) is 0 Å². The van der Waals surface area contributed by atoms with Crippen molar-refractivity contribution in [2.24, 2.45) is 4.99 Å². The number of nitrogens with zero attached hydrogens (tertiary/aromatic N) is 2. The summed E-state index contributed by atoms with van der Waals surface area (Å²) in [5, 5.41) is 2.97. The standard InChI is InChI=1S/C35H28BrN3O4S/c1-22-31(33(40)38-27-8-4-3-5-9-27)32(25-7-6-10-29(20-25)42-2)39-34(41)30(44-35(39)37-22)19-23-13-17-28(18-14-23)43-21-24-11-15-26(36)16-12-24/h3-20,32H,21H2,1-2H3,(H,38,40)/b30-19-/t32-/m1/s1. The molecule has 2 heterocycles. The molecule has 4 aromatic carbocycles. The van der Waals surface area contributed by atoms with Crippen LogP contribution < -0.4 is 29.7 Å². The van der Waals surface area contributed by atoms with E-state index in [9.17, 15) is 9.59 Å². The molecule has 9 heteroatoms. The van der Waals surface area contributed by atoms with Gasteiger partial charge < -0.3 is 14.8 Å². The van der Waals surface area contributed by atoms with Crippen LogP contribution in [0.1, 0.15) is 29.7 Å². The van der Waals surface area contributed by atoms with E-state index in [-0.39, 0.29) is 11.5 Å². The van der Waals surface area contributed by atoms with Gasteiger partial charge in [0.05, 0.1) is 29.0 Å². The van der Waals surface area contributed by atoms with E-state index in [2.05, 4.69) is 21.2 Å². The van der Waals surface area contributed by atoms with Gasteiger partial charge in [0.1, 0.15) is 18.1 Å². The molecule has 0 radical (unpaired) electrons. The lowest BCUT2D eigenvalue weighted by molar-refractivity contribution is -0.113. The lowest BCUT2D eigenvalue weighted by atomic mass is 9.95. The highest BCUT2D eigenvalue weighted by Gasteiger charge is 2.32. The number of nitrogens with one attached hydrogen (secondary N) is 1. The fraction of sp³-hybridized carbons (Fsp3) is 0.114. The topological polar surface area (TPSA) is 81.9 Å². The number of thiazole rings is 1. The number of ether oxygens (including phenoxy) is 2. The van der Waals surface area contributed by atoms with Gasteiger partial charge in [-0.15, -0.1) is 0 Å². The van der Waals surface area contributed by atoms with Crippen molar-refractivity contribution in [2.45, 2.75) is 19.6 Å². The minimum absolute atomic E-state index is 0.227. The van der Waals surface area contributed by atoms with E-state index in [0.717, 1.165) is 26.9 Å². The Kier molecular flexibility index (Phi) is 8.58. The average Bonchev–Trinajstić information content (AvgIpc) is 3.34. The van der Waals surface area contributed by atoms with E-state index < -0.39 is 6.04 Å². The summed E-state index contributed by atoms with van der Waals surface area (Å²) in [5.74, 6) is 1.04. The number of hydrogen-bond acceptors (Lipinski definition) is 6. The lowest BCUT2D eigenvalue weighted by Gasteiger charge is -2.25. The Bertz CT molecular complexity index is 2030. The number of para-hydroxylation sites is 1. The van der Waals surface area contributed by atoms with E-state index >= 15 is 0 Å². The maximum absolute atomic E-state index is 14.0. The van der Waals surface area contributed by atoms with Gasteiger partial charge in [0.15, 0.2) is 4.80 Å². The Labute approximate surface area is 266 Å². The Morgan fingerprint density at radius 1 is 0.977 bits per heavy atom. The molecule has 0 unspecified atom stereocenters. The van der Waals surface area contributed by atoms with Gasteiger partial charge in [-0.3, -0.25) is 14.2 Å². The van der Waals surface area contributed by atoms with Crippen molar-refractivity contribution in [2.75, 3.05) is 12.4 Å². The molecule has 220 valence electrons. The van der Waals surface area contributed by atoms with Crippen molar-refractivity contribution in [3.05, 3.63) is 155 Å². The average molecular weight is 667 g/mol. The second-order valence-corrected chi connectivity index (χ2v) is 12.1. The lowest BCUT2D eigenvalue weighted by Crippen LogP contribution is -2.40. The number of allylic oxidation sites excluding steroid dienone is 1. The minimum atomic E-state index is -0.693. The number of benzene rings is 4. The highest BCUT2D eigenvalue weighted by Crippen LogP contribution is 2.32. The van der Waals surface area contributed by atoms with Crippen LogP contribution >= 0.6 is 27.3 Å². The first-order valence-corrected chi connectivity index (χ1v) is 15.5. The van der Waals surface area contributed by atoms with E-state index in [1.165, 1.54) is 11.3 Å². The van der Waals surface area contributed by atoms with Crippen molar-refractivity contribution in [3.63, 3.8) is 0 Å². The molecule has 0 saturated carbocycles. The molecule has 44 heavy (non-hydrogen) atoms. The summed E-state index contributed by atoms with van der Waals surface area (Å²) >= 11 is 4.74. The molecule has 1 N–H and O–H groups in total. The van der Waals surface area contributed by atoms with Crippen molar-refractivity contribution >= 4 is 44.9 Å². The predicted octanol–water partition coefficient (Wildman–Crippen LogP) is 6.22. The number of amides is 1. The second-order valence-electron chi connectivity index (χ2n) is 10.2. The highest BCUT2D eigenvalue weighted by molar-refractivity contribution is 9.10. The number of aromatic nitrogens is 1. The minimum Gasteiger partial charge on any atom is -0.497 e. The van der Waals surface area contributed by atoms with E-state index in [1.807, 2.05) is 109 Å². The molecular formula is C35H28BrN3O4S. The van der Waals surface area contributed by atoms with Crippen molar-refractivity contribution in [3.8, 4) is 11.5 Å². The van der Waals surface area contributed by atoms with Crippen LogP contribution in [-0.4, -0.2) is 17.6 Å². The SMILES string of the molecule is COc1cccc([C@@H]2C(C(=O)Nc3ccccc3)=C(C)N=c3s/c(=C\c4ccc(OCc5ccc(Br)cc5)cc4)c(=O)n32)c1. The fourth-order valence-corrected chi connectivity index (χ4v) is 6.33. The third kappa shape index (κ3) is 6.29. The molecule has 0 aliphatic carbocycles. The molecule has 1 aromatic heterocycles. The van der Waals surface area contributed by atoms with Crippen LogP contribution in [0.2, 0.25) is 0 Å². The third-order valence-electron chi connectivity index (χ3n) is 7.20. The molecule has 1 amide bonds. The first-order valence-electron chi connectivity index (χ1n) is 13.9. The van der Waals surface area contributed by atoms with Crippen LogP contribution in [0, 0.1) is 0 Å². The summed E-state index contributed by atoms with van der Waals surface area (Å²) in [7, 11) is 1.59. The third-order valence-corrected chi connectivity index (χ3v) is 8.72. The quantitative estimate of drug-likeness (QED) is 0.213. The summed E-state index contributed by atoms with van der Waals surface area (Å²) in [6.07, 6.45) is 1.84. The molecule has 0 bridgehead atoms. The normalized spacial score (nSPS) is 14.5. The van der Waals surface area contributed by atoms with Crippen LogP contribution in [0.5, 0.6) is 11.5 Å². The van der Waals surface area contributed by atoms with E-state index in [0.29, 0.717) is 38.6 Å². The van der Waals surface area contributed by atoms with Gasteiger partial charge in [-0.25, -0.2) is 4.99 Å². The van der Waals surface area contributed by atoms with Gasteiger partial charge in [0.2, 0.25) is 0 Å². The zero-order valence-electron chi connectivity index (χ0n) is 24.0. The van der Waals surface area contributed by atoms with Gasteiger partial charge in [-0.1, -0.05) is 81.9 Å². The number of fused-ring (bicyclic) bond motifs is 1. The van der Waals surface area contributed by atoms with Gasteiger partial charge in [0, 0.05) is 10.2 Å². The second kappa shape index (κ2) is 12.9.